The molecule has 0 radical (unpaired) electrons. The SMILES string of the molecule is COC1OC(COCC=O)C(OC2OC(COCC=O)C(C)C(O)C2O)C(O)C1O. The van der Waals surface area contributed by atoms with Crippen molar-refractivity contribution >= 4 is 12.6 Å². The predicted molar refractivity (Wildman–Crippen MR) is 96.2 cm³/mol. The van der Waals surface area contributed by atoms with Gasteiger partial charge >= 0.3 is 0 Å². The first-order chi connectivity index (χ1) is 14.3. The van der Waals surface area contributed by atoms with Crippen LogP contribution in [0, 0.1) is 5.92 Å². The summed E-state index contributed by atoms with van der Waals surface area (Å²) >= 11 is 0. The highest BCUT2D eigenvalue weighted by atomic mass is 16.7. The molecule has 2 aliphatic rings. The highest BCUT2D eigenvalue weighted by Crippen LogP contribution is 2.31. The smallest absolute Gasteiger partial charge is 0.187 e. The highest BCUT2D eigenvalue weighted by Gasteiger charge is 2.50. The fraction of sp³-hybridized carbons (Fsp3) is 0.889. The Hall–Kier alpha value is -1.06. The van der Waals surface area contributed by atoms with Crippen LogP contribution in [0.3, 0.4) is 0 Å². The van der Waals surface area contributed by atoms with Gasteiger partial charge < -0.3 is 58.4 Å². The van der Waals surface area contributed by atoms with E-state index in [9.17, 15) is 30.0 Å². The zero-order valence-electron chi connectivity index (χ0n) is 16.8. The van der Waals surface area contributed by atoms with Gasteiger partial charge in [0.1, 0.15) is 56.3 Å². The Labute approximate surface area is 173 Å². The van der Waals surface area contributed by atoms with Crippen LogP contribution in [0.25, 0.3) is 0 Å². The van der Waals surface area contributed by atoms with Gasteiger partial charge in [0.2, 0.25) is 0 Å². The number of hydrogen-bond acceptors (Lipinski definition) is 12. The minimum Gasteiger partial charge on any atom is -0.390 e. The number of rotatable bonds is 11. The topological polar surface area (TPSA) is 170 Å². The summed E-state index contributed by atoms with van der Waals surface area (Å²) in [7, 11) is 1.28. The van der Waals surface area contributed by atoms with Gasteiger partial charge in [0.15, 0.2) is 12.6 Å². The van der Waals surface area contributed by atoms with Gasteiger partial charge in [-0.3, -0.25) is 0 Å². The number of hydrogen-bond donors (Lipinski definition) is 4. The molecule has 0 aromatic rings. The van der Waals surface area contributed by atoms with E-state index in [-0.39, 0.29) is 26.4 Å². The summed E-state index contributed by atoms with van der Waals surface area (Å²) in [5.41, 5.74) is 0. The van der Waals surface area contributed by atoms with Crippen LogP contribution in [0.5, 0.6) is 0 Å². The molecule has 0 aliphatic carbocycles. The van der Waals surface area contributed by atoms with Crippen LogP contribution in [-0.4, -0.2) is 122 Å². The van der Waals surface area contributed by atoms with Crippen molar-refractivity contribution in [1.82, 2.24) is 0 Å². The molecule has 10 atom stereocenters. The number of carbonyl (C=O) groups is 2. The van der Waals surface area contributed by atoms with Crippen LogP contribution < -0.4 is 0 Å². The molecule has 2 rings (SSSR count). The lowest BCUT2D eigenvalue weighted by Gasteiger charge is -2.46. The summed E-state index contributed by atoms with van der Waals surface area (Å²) in [5.74, 6) is -0.533. The van der Waals surface area contributed by atoms with Gasteiger partial charge in [0.25, 0.3) is 0 Å². The maximum absolute atomic E-state index is 10.5. The van der Waals surface area contributed by atoms with Gasteiger partial charge in [-0.25, -0.2) is 0 Å². The lowest BCUT2D eigenvalue weighted by Crippen LogP contribution is -2.63. The standard InChI is InChI=1S/C18H30O12/c1-9-10(7-26-5-3-19)28-18(14(23)12(9)21)30-16-11(8-27-6-4-20)29-17(25-2)15(24)13(16)22/h3-4,9-18,21-24H,5-8H2,1-2H3. The largest absolute Gasteiger partial charge is 0.390 e. The summed E-state index contributed by atoms with van der Waals surface area (Å²) < 4.78 is 32.2. The third kappa shape index (κ3) is 6.01. The number of carbonyl (C=O) groups excluding carboxylic acids is 2. The normalized spacial score (nSPS) is 42.1. The van der Waals surface area contributed by atoms with Gasteiger partial charge in [0.05, 0.1) is 25.4 Å². The van der Waals surface area contributed by atoms with Crippen LogP contribution in [0.4, 0.5) is 0 Å². The van der Waals surface area contributed by atoms with Gasteiger partial charge in [-0.1, -0.05) is 6.92 Å². The molecule has 0 aromatic carbocycles. The molecule has 12 nitrogen and oxygen atoms in total. The summed E-state index contributed by atoms with van der Waals surface area (Å²) in [5, 5.41) is 41.5. The minimum absolute atomic E-state index is 0.0342. The summed E-state index contributed by atoms with van der Waals surface area (Å²) in [4.78, 5) is 21.0. The van der Waals surface area contributed by atoms with E-state index < -0.39 is 61.2 Å². The molecule has 2 fully saturated rings. The van der Waals surface area contributed by atoms with Crippen molar-refractivity contribution < 1.29 is 58.4 Å². The third-order valence-electron chi connectivity index (χ3n) is 5.16. The van der Waals surface area contributed by atoms with E-state index in [4.69, 9.17) is 28.4 Å². The zero-order chi connectivity index (χ0) is 22.3. The van der Waals surface area contributed by atoms with Crippen LogP contribution >= 0.6 is 0 Å². The Morgan fingerprint density at radius 1 is 0.800 bits per heavy atom. The predicted octanol–water partition coefficient (Wildman–Crippen LogP) is -3.02. The Morgan fingerprint density at radius 2 is 1.33 bits per heavy atom. The molecule has 30 heavy (non-hydrogen) atoms. The molecule has 12 heteroatoms. The van der Waals surface area contributed by atoms with E-state index in [0.29, 0.717) is 12.6 Å². The molecular weight excluding hydrogens is 408 g/mol. The second-order valence-corrected chi connectivity index (χ2v) is 7.15. The van der Waals surface area contributed by atoms with E-state index in [1.54, 1.807) is 6.92 Å². The monoisotopic (exact) mass is 438 g/mol. The number of methoxy groups -OCH3 is 1. The number of aldehydes is 2. The maximum Gasteiger partial charge on any atom is 0.187 e. The minimum atomic E-state index is -1.51. The Bertz CT molecular complexity index is 533. The van der Waals surface area contributed by atoms with Crippen molar-refractivity contribution in [2.45, 2.75) is 62.2 Å². The number of aliphatic hydroxyl groups is 4. The molecule has 2 aliphatic heterocycles. The summed E-state index contributed by atoms with van der Waals surface area (Å²) in [6, 6.07) is 0. The van der Waals surface area contributed by atoms with Crippen LogP contribution in [0.2, 0.25) is 0 Å². The van der Waals surface area contributed by atoms with Crippen LogP contribution in [-0.2, 0) is 38.0 Å². The molecular formula is C18H30O12. The van der Waals surface area contributed by atoms with Crippen molar-refractivity contribution in [2.75, 3.05) is 33.5 Å². The average Bonchev–Trinajstić information content (AvgIpc) is 2.74. The molecule has 2 heterocycles. The third-order valence-corrected chi connectivity index (χ3v) is 5.16. The molecule has 0 bridgehead atoms. The van der Waals surface area contributed by atoms with Crippen LogP contribution in [0.15, 0.2) is 0 Å². The first-order valence-electron chi connectivity index (χ1n) is 9.59. The van der Waals surface area contributed by atoms with Crippen molar-refractivity contribution in [3.63, 3.8) is 0 Å². The van der Waals surface area contributed by atoms with Crippen molar-refractivity contribution in [1.29, 1.82) is 0 Å². The van der Waals surface area contributed by atoms with E-state index in [2.05, 4.69) is 0 Å². The van der Waals surface area contributed by atoms with E-state index >= 15 is 0 Å². The van der Waals surface area contributed by atoms with Gasteiger partial charge in [-0.15, -0.1) is 0 Å². The Balaban J connectivity index is 2.12. The maximum atomic E-state index is 10.5. The van der Waals surface area contributed by atoms with Gasteiger partial charge in [0, 0.05) is 13.0 Å². The fourth-order valence-electron chi connectivity index (χ4n) is 3.39. The summed E-state index contributed by atoms with van der Waals surface area (Å²) in [6.45, 7) is 1.04. The van der Waals surface area contributed by atoms with Crippen molar-refractivity contribution in [2.24, 2.45) is 5.92 Å². The Morgan fingerprint density at radius 3 is 1.90 bits per heavy atom. The first kappa shape index (κ1) is 25.2. The van der Waals surface area contributed by atoms with Gasteiger partial charge in [-0.05, 0) is 0 Å². The zero-order valence-corrected chi connectivity index (χ0v) is 16.8. The second-order valence-electron chi connectivity index (χ2n) is 7.15. The molecule has 4 N–H and O–H groups in total. The molecule has 0 aromatic heterocycles. The molecule has 0 amide bonds. The molecule has 0 saturated carbocycles. The summed E-state index contributed by atoms with van der Waals surface area (Å²) in [6.07, 6.45) is -10.1. The van der Waals surface area contributed by atoms with E-state index in [1.807, 2.05) is 0 Å². The number of ether oxygens (including phenoxy) is 6. The van der Waals surface area contributed by atoms with E-state index in [1.165, 1.54) is 7.11 Å². The van der Waals surface area contributed by atoms with Crippen molar-refractivity contribution in [3.05, 3.63) is 0 Å². The quantitative estimate of drug-likeness (QED) is 0.190. The average molecular weight is 438 g/mol. The fourth-order valence-corrected chi connectivity index (χ4v) is 3.39. The van der Waals surface area contributed by atoms with Crippen LogP contribution in [0.1, 0.15) is 6.92 Å². The van der Waals surface area contributed by atoms with Crippen molar-refractivity contribution in [3.8, 4) is 0 Å². The molecule has 10 unspecified atom stereocenters. The molecule has 174 valence electrons. The van der Waals surface area contributed by atoms with E-state index in [0.717, 1.165) is 0 Å². The first-order valence-corrected chi connectivity index (χ1v) is 9.59. The lowest BCUT2D eigenvalue weighted by atomic mass is 9.90. The lowest BCUT2D eigenvalue weighted by molar-refractivity contribution is -0.354. The Kier molecular flexibility index (Phi) is 10.2. The number of aliphatic hydroxyl groups excluding tert-OH is 4. The molecule has 0 spiro atoms. The second kappa shape index (κ2) is 12.1. The molecule has 2 saturated heterocycles. The van der Waals surface area contributed by atoms with Gasteiger partial charge in [-0.2, -0.15) is 0 Å². The highest BCUT2D eigenvalue weighted by molar-refractivity contribution is 5.50.